The van der Waals surface area contributed by atoms with Gasteiger partial charge >= 0.3 is 6.09 Å². The molecular weight excluding hydrogens is 237 g/mol. The van der Waals surface area contributed by atoms with Gasteiger partial charge in [-0.2, -0.15) is 0 Å². The Labute approximate surface area is 66.7 Å². The molecule has 0 heterocycles. The monoisotopic (exact) mass is 245 g/mol. The lowest BCUT2D eigenvalue weighted by molar-refractivity contribution is 0.114. The summed E-state index contributed by atoms with van der Waals surface area (Å²) in [6.45, 7) is 0.0280. The summed E-state index contributed by atoms with van der Waals surface area (Å²) < 4.78 is 3.82. The summed E-state index contributed by atoms with van der Waals surface area (Å²) >= 11 is 1.74. The molecule has 1 unspecified atom stereocenters. The predicted molar refractivity (Wildman–Crippen MR) is 40.4 cm³/mol. The van der Waals surface area contributed by atoms with Crippen molar-refractivity contribution in [1.82, 2.24) is 5.32 Å². The fraction of sp³-hybridized carbons (Fsp3) is 0.750. The molecule has 9 heavy (non-hydrogen) atoms. The lowest BCUT2D eigenvalue weighted by atomic mass is 10.8. The first-order valence-electron chi connectivity index (χ1n) is 2.33. The van der Waals surface area contributed by atoms with E-state index in [4.69, 9.17) is 5.11 Å². The SMILES string of the molecule is CNC(=O)OCC(O)I. The molecule has 0 aromatic heterocycles. The molecule has 2 N–H and O–H groups in total. The third kappa shape index (κ3) is 5.84. The molecule has 0 aliphatic rings. The van der Waals surface area contributed by atoms with Gasteiger partial charge in [-0.05, 0) is 22.6 Å². The number of aliphatic hydroxyl groups is 1. The molecule has 0 saturated heterocycles. The number of amides is 1. The van der Waals surface area contributed by atoms with Crippen LogP contribution >= 0.6 is 22.6 Å². The molecule has 5 heteroatoms. The molecule has 0 radical (unpaired) electrons. The molecule has 0 saturated carbocycles. The number of nitrogens with one attached hydrogen (secondary N) is 1. The second-order valence-corrected chi connectivity index (χ2v) is 2.72. The Balaban J connectivity index is 3.17. The van der Waals surface area contributed by atoms with Crippen molar-refractivity contribution in [1.29, 1.82) is 0 Å². The molecule has 4 nitrogen and oxygen atoms in total. The highest BCUT2D eigenvalue weighted by Crippen LogP contribution is 1.94. The van der Waals surface area contributed by atoms with Crippen molar-refractivity contribution in [3.05, 3.63) is 0 Å². The number of alkyl halides is 1. The van der Waals surface area contributed by atoms with E-state index < -0.39 is 10.2 Å². The lowest BCUT2D eigenvalue weighted by Crippen LogP contribution is -2.22. The van der Waals surface area contributed by atoms with E-state index >= 15 is 0 Å². The first-order chi connectivity index (χ1) is 4.16. The van der Waals surface area contributed by atoms with Gasteiger partial charge in [-0.3, -0.25) is 0 Å². The van der Waals surface area contributed by atoms with Crippen LogP contribution in [-0.2, 0) is 4.74 Å². The lowest BCUT2D eigenvalue weighted by Gasteiger charge is -2.03. The molecule has 54 valence electrons. The van der Waals surface area contributed by atoms with Crippen molar-refractivity contribution in [2.24, 2.45) is 0 Å². The van der Waals surface area contributed by atoms with Gasteiger partial charge < -0.3 is 15.2 Å². The van der Waals surface area contributed by atoms with Gasteiger partial charge in [0, 0.05) is 7.05 Å². The van der Waals surface area contributed by atoms with Gasteiger partial charge in [0.1, 0.15) is 10.7 Å². The number of alkyl carbamates (subject to hydrolysis) is 1. The van der Waals surface area contributed by atoms with Crippen LogP contribution in [0.4, 0.5) is 4.79 Å². The van der Waals surface area contributed by atoms with Crippen LogP contribution in [0.5, 0.6) is 0 Å². The fourth-order valence-corrected chi connectivity index (χ4v) is 0.396. The van der Waals surface area contributed by atoms with Crippen molar-refractivity contribution in [3.8, 4) is 0 Å². The van der Waals surface area contributed by atoms with E-state index in [1.54, 1.807) is 22.6 Å². The molecule has 0 rings (SSSR count). The Morgan fingerprint density at radius 1 is 2.00 bits per heavy atom. The first kappa shape index (κ1) is 8.96. The number of halogens is 1. The zero-order chi connectivity index (χ0) is 7.28. The van der Waals surface area contributed by atoms with Gasteiger partial charge in [0.2, 0.25) is 0 Å². The largest absolute Gasteiger partial charge is 0.446 e. The van der Waals surface area contributed by atoms with Crippen molar-refractivity contribution >= 4 is 28.7 Å². The van der Waals surface area contributed by atoms with Crippen LogP contribution in [0, 0.1) is 0 Å². The summed E-state index contributed by atoms with van der Waals surface area (Å²) in [6, 6.07) is 0. The van der Waals surface area contributed by atoms with Crippen LogP contribution in [0.3, 0.4) is 0 Å². The minimum Gasteiger partial charge on any atom is -0.446 e. The van der Waals surface area contributed by atoms with E-state index in [2.05, 4.69) is 10.1 Å². The maximum absolute atomic E-state index is 10.3. The molecule has 0 spiro atoms. The summed E-state index contributed by atoms with van der Waals surface area (Å²) in [4.78, 5) is 10.3. The Kier molecular flexibility index (Phi) is 4.78. The van der Waals surface area contributed by atoms with Gasteiger partial charge in [-0.15, -0.1) is 0 Å². The van der Waals surface area contributed by atoms with Gasteiger partial charge in [0.05, 0.1) is 0 Å². The Hall–Kier alpha value is -0.0400. The van der Waals surface area contributed by atoms with Crippen molar-refractivity contribution < 1.29 is 14.6 Å². The summed E-state index contributed by atoms with van der Waals surface area (Å²) in [7, 11) is 1.46. The Bertz CT molecular complexity index is 95.8. The molecule has 0 aromatic rings. The molecule has 0 fully saturated rings. The number of carbonyl (C=O) groups excluding carboxylic acids is 1. The molecule has 0 aliphatic heterocycles. The van der Waals surface area contributed by atoms with E-state index in [0.717, 1.165) is 0 Å². The Morgan fingerprint density at radius 2 is 2.56 bits per heavy atom. The average Bonchev–Trinajstić information content (AvgIpc) is 1.83. The molecular formula is C4H8INO3. The number of rotatable bonds is 2. The van der Waals surface area contributed by atoms with Gasteiger partial charge in [-0.25, -0.2) is 4.79 Å². The Morgan fingerprint density at radius 3 is 2.89 bits per heavy atom. The van der Waals surface area contributed by atoms with Gasteiger partial charge in [0.15, 0.2) is 0 Å². The quantitative estimate of drug-likeness (QED) is 0.535. The summed E-state index contributed by atoms with van der Waals surface area (Å²) in [5.74, 6) is 0. The maximum atomic E-state index is 10.3. The highest BCUT2D eigenvalue weighted by Gasteiger charge is 2.00. The zero-order valence-electron chi connectivity index (χ0n) is 4.93. The van der Waals surface area contributed by atoms with Crippen LogP contribution in [0.15, 0.2) is 0 Å². The van der Waals surface area contributed by atoms with Crippen molar-refractivity contribution in [2.45, 2.75) is 4.11 Å². The smallest absolute Gasteiger partial charge is 0.406 e. The van der Waals surface area contributed by atoms with Gasteiger partial charge in [-0.1, -0.05) is 0 Å². The number of aliphatic hydroxyl groups excluding tert-OH is 1. The predicted octanol–water partition coefficient (Wildman–Crippen LogP) is 0.0958. The van der Waals surface area contributed by atoms with Crippen LogP contribution in [0.25, 0.3) is 0 Å². The van der Waals surface area contributed by atoms with E-state index in [9.17, 15) is 4.79 Å². The number of hydrogen-bond acceptors (Lipinski definition) is 3. The molecule has 1 atom stereocenters. The molecule has 0 aliphatic carbocycles. The standard InChI is InChI=1S/C4H8INO3/c1-6-4(8)9-2-3(5)7/h3,7H,2H2,1H3,(H,6,8). The first-order valence-corrected chi connectivity index (χ1v) is 3.58. The van der Waals surface area contributed by atoms with Crippen LogP contribution in [-0.4, -0.2) is 29.0 Å². The number of carbonyl (C=O) groups is 1. The normalized spacial score (nSPS) is 12.3. The minimum atomic E-state index is -0.625. The average molecular weight is 245 g/mol. The van der Waals surface area contributed by atoms with Crippen molar-refractivity contribution in [3.63, 3.8) is 0 Å². The minimum absolute atomic E-state index is 0.0280. The van der Waals surface area contributed by atoms with Crippen LogP contribution < -0.4 is 5.32 Å². The zero-order valence-corrected chi connectivity index (χ0v) is 7.08. The topological polar surface area (TPSA) is 58.6 Å². The number of hydrogen-bond donors (Lipinski definition) is 2. The molecule has 0 bridgehead atoms. The van der Waals surface area contributed by atoms with E-state index in [0.29, 0.717) is 0 Å². The molecule has 1 amide bonds. The van der Waals surface area contributed by atoms with Crippen LogP contribution in [0.2, 0.25) is 0 Å². The second kappa shape index (κ2) is 4.80. The second-order valence-electron chi connectivity index (χ2n) is 1.28. The van der Waals surface area contributed by atoms with E-state index in [1.165, 1.54) is 7.05 Å². The van der Waals surface area contributed by atoms with Crippen molar-refractivity contribution in [2.75, 3.05) is 13.7 Å². The third-order valence-electron chi connectivity index (χ3n) is 0.556. The highest BCUT2D eigenvalue weighted by atomic mass is 127. The van der Waals surface area contributed by atoms with E-state index in [-0.39, 0.29) is 6.61 Å². The maximum Gasteiger partial charge on any atom is 0.406 e. The summed E-state index contributed by atoms with van der Waals surface area (Å²) in [6.07, 6.45) is -0.522. The number of ether oxygens (including phenoxy) is 1. The molecule has 0 aromatic carbocycles. The van der Waals surface area contributed by atoms with E-state index in [1.807, 2.05) is 0 Å². The van der Waals surface area contributed by atoms with Gasteiger partial charge in [0.25, 0.3) is 0 Å². The fourth-order valence-electron chi connectivity index (χ4n) is 0.217. The van der Waals surface area contributed by atoms with Crippen LogP contribution in [0.1, 0.15) is 0 Å². The summed E-state index contributed by atoms with van der Waals surface area (Å²) in [5.41, 5.74) is 0. The highest BCUT2D eigenvalue weighted by molar-refractivity contribution is 14.1. The summed E-state index contributed by atoms with van der Waals surface area (Å²) in [5, 5.41) is 10.8. The third-order valence-corrected chi connectivity index (χ3v) is 0.916.